The molecule has 2 heterocycles. The summed E-state index contributed by atoms with van der Waals surface area (Å²) in [6, 6.07) is 3.89. The van der Waals surface area contributed by atoms with Crippen LogP contribution in [0.25, 0.3) is 0 Å². The van der Waals surface area contributed by atoms with Crippen LogP contribution in [0.5, 0.6) is 0 Å². The van der Waals surface area contributed by atoms with Crippen LogP contribution in [0.15, 0.2) is 27.8 Å². The minimum absolute atomic E-state index is 0. The molecule has 0 saturated heterocycles. The highest BCUT2D eigenvalue weighted by atomic mass is 127. The Hall–Kier alpha value is -1.51. The Bertz CT molecular complexity index is 634. The summed E-state index contributed by atoms with van der Waals surface area (Å²) in [7, 11) is 3.80. The van der Waals surface area contributed by atoms with Crippen molar-refractivity contribution < 1.29 is 4.42 Å². The first-order chi connectivity index (χ1) is 11.2. The maximum Gasteiger partial charge on any atom is 0.191 e. The van der Waals surface area contributed by atoms with Crippen LogP contribution in [0.3, 0.4) is 0 Å². The highest BCUT2D eigenvalue weighted by molar-refractivity contribution is 14.0. The number of rotatable bonds is 7. The summed E-state index contributed by atoms with van der Waals surface area (Å²) in [5, 5.41) is 11.3. The molecule has 0 saturated carbocycles. The first-order valence-electron chi connectivity index (χ1n) is 8.20. The van der Waals surface area contributed by atoms with E-state index in [4.69, 9.17) is 4.42 Å². The molecule has 0 aliphatic carbocycles. The molecule has 24 heavy (non-hydrogen) atoms. The van der Waals surface area contributed by atoms with Crippen molar-refractivity contribution in [3.63, 3.8) is 0 Å². The number of aromatic nitrogens is 2. The quantitative estimate of drug-likeness (QED) is 0.391. The summed E-state index contributed by atoms with van der Waals surface area (Å²) < 4.78 is 7.32. The lowest BCUT2D eigenvalue weighted by molar-refractivity contribution is 0.507. The van der Waals surface area contributed by atoms with Gasteiger partial charge in [0, 0.05) is 44.9 Å². The summed E-state index contributed by atoms with van der Waals surface area (Å²) in [4.78, 5) is 4.28. The number of nitrogens with one attached hydrogen (secondary N) is 2. The Morgan fingerprint density at radius 3 is 2.67 bits per heavy atom. The molecule has 2 aromatic heterocycles. The van der Waals surface area contributed by atoms with E-state index in [0.717, 1.165) is 49.8 Å². The van der Waals surface area contributed by atoms with Gasteiger partial charge >= 0.3 is 0 Å². The standard InChI is InChI=1S/C17H27N5O.HI/c1-5-15-14(16(6-2)22(4)21-15)12-20-17(18-3)19-10-9-13-8-7-11-23-13;/h7-8,11H,5-6,9-10,12H2,1-4H3,(H2,18,19,20);1H. The fraction of sp³-hybridized carbons (Fsp3) is 0.529. The second kappa shape index (κ2) is 10.4. The average Bonchev–Trinajstić information content (AvgIpc) is 3.17. The van der Waals surface area contributed by atoms with Crippen LogP contribution in [0.4, 0.5) is 0 Å². The van der Waals surface area contributed by atoms with Crippen LogP contribution in [-0.4, -0.2) is 29.3 Å². The highest BCUT2D eigenvalue weighted by Gasteiger charge is 2.13. The Morgan fingerprint density at radius 2 is 2.08 bits per heavy atom. The molecule has 2 aromatic rings. The van der Waals surface area contributed by atoms with Gasteiger partial charge in [0.25, 0.3) is 0 Å². The average molecular weight is 445 g/mol. The van der Waals surface area contributed by atoms with Crippen molar-refractivity contribution in [1.29, 1.82) is 0 Å². The molecule has 0 radical (unpaired) electrons. The number of aliphatic imine (C=N–C) groups is 1. The van der Waals surface area contributed by atoms with Gasteiger partial charge in [-0.1, -0.05) is 13.8 Å². The number of hydrogen-bond donors (Lipinski definition) is 2. The lowest BCUT2D eigenvalue weighted by Crippen LogP contribution is -2.38. The van der Waals surface area contributed by atoms with Crippen molar-refractivity contribution in [2.45, 2.75) is 39.7 Å². The van der Waals surface area contributed by atoms with Crippen LogP contribution in [0.2, 0.25) is 0 Å². The Kier molecular flexibility index (Phi) is 8.88. The monoisotopic (exact) mass is 445 g/mol. The second-order valence-corrected chi connectivity index (χ2v) is 5.38. The van der Waals surface area contributed by atoms with Gasteiger partial charge in [-0.15, -0.1) is 24.0 Å². The summed E-state index contributed by atoms with van der Waals surface area (Å²) in [5.74, 6) is 1.77. The van der Waals surface area contributed by atoms with E-state index in [0.29, 0.717) is 0 Å². The Labute approximate surface area is 161 Å². The van der Waals surface area contributed by atoms with Crippen molar-refractivity contribution in [2.24, 2.45) is 12.0 Å². The zero-order chi connectivity index (χ0) is 16.7. The third-order valence-corrected chi connectivity index (χ3v) is 3.93. The molecule has 0 atom stereocenters. The van der Waals surface area contributed by atoms with Gasteiger partial charge in [0.15, 0.2) is 5.96 Å². The summed E-state index contributed by atoms with van der Waals surface area (Å²) in [6.07, 6.45) is 4.45. The minimum atomic E-state index is 0. The molecule has 0 amide bonds. The van der Waals surface area contributed by atoms with Crippen molar-refractivity contribution >= 4 is 29.9 Å². The number of guanidine groups is 1. The lowest BCUT2D eigenvalue weighted by atomic mass is 10.1. The van der Waals surface area contributed by atoms with Gasteiger partial charge in [-0.3, -0.25) is 9.67 Å². The van der Waals surface area contributed by atoms with Gasteiger partial charge in [-0.2, -0.15) is 5.10 Å². The zero-order valence-electron chi connectivity index (χ0n) is 14.9. The zero-order valence-corrected chi connectivity index (χ0v) is 17.3. The van der Waals surface area contributed by atoms with E-state index in [1.807, 2.05) is 23.9 Å². The van der Waals surface area contributed by atoms with Crippen LogP contribution in [0, 0.1) is 0 Å². The minimum Gasteiger partial charge on any atom is -0.469 e. The molecule has 0 aliphatic heterocycles. The summed E-state index contributed by atoms with van der Waals surface area (Å²) in [6.45, 7) is 5.82. The maximum atomic E-state index is 5.33. The van der Waals surface area contributed by atoms with Gasteiger partial charge in [-0.05, 0) is 25.0 Å². The summed E-state index contributed by atoms with van der Waals surface area (Å²) >= 11 is 0. The molecule has 6 nitrogen and oxygen atoms in total. The largest absolute Gasteiger partial charge is 0.469 e. The topological polar surface area (TPSA) is 67.4 Å². The van der Waals surface area contributed by atoms with Gasteiger partial charge in [0.2, 0.25) is 0 Å². The van der Waals surface area contributed by atoms with E-state index >= 15 is 0 Å². The molecule has 7 heteroatoms. The molecule has 2 N–H and O–H groups in total. The summed E-state index contributed by atoms with van der Waals surface area (Å²) in [5.41, 5.74) is 3.72. The molecular formula is C17H28IN5O. The number of nitrogens with zero attached hydrogens (tertiary/aromatic N) is 3. The van der Waals surface area contributed by atoms with E-state index < -0.39 is 0 Å². The Balaban J connectivity index is 0.00000288. The first kappa shape index (κ1) is 20.5. The SMILES string of the molecule is CCc1nn(C)c(CC)c1CNC(=NC)NCCc1ccco1.I. The second-order valence-electron chi connectivity index (χ2n) is 5.38. The molecule has 0 spiro atoms. The van der Waals surface area contributed by atoms with Gasteiger partial charge in [0.1, 0.15) is 5.76 Å². The van der Waals surface area contributed by atoms with Crippen molar-refractivity contribution in [2.75, 3.05) is 13.6 Å². The number of halogens is 1. The maximum absolute atomic E-state index is 5.33. The molecule has 0 aliphatic rings. The molecule has 0 aromatic carbocycles. The molecule has 0 unspecified atom stereocenters. The molecule has 134 valence electrons. The van der Waals surface area contributed by atoms with Gasteiger partial charge in [-0.25, -0.2) is 0 Å². The number of hydrogen-bond acceptors (Lipinski definition) is 3. The predicted octanol–water partition coefficient (Wildman–Crippen LogP) is 2.66. The van der Waals surface area contributed by atoms with Gasteiger partial charge < -0.3 is 15.1 Å². The molecule has 0 bridgehead atoms. The van der Waals surface area contributed by atoms with Crippen molar-refractivity contribution in [1.82, 2.24) is 20.4 Å². The van der Waals surface area contributed by atoms with Crippen LogP contribution >= 0.6 is 24.0 Å². The normalized spacial score (nSPS) is 11.2. The van der Waals surface area contributed by atoms with E-state index in [1.165, 1.54) is 11.3 Å². The van der Waals surface area contributed by atoms with Crippen LogP contribution in [0.1, 0.15) is 36.6 Å². The van der Waals surface area contributed by atoms with E-state index in [2.05, 4.69) is 34.6 Å². The Morgan fingerprint density at radius 1 is 1.29 bits per heavy atom. The van der Waals surface area contributed by atoms with E-state index in [9.17, 15) is 0 Å². The van der Waals surface area contributed by atoms with Crippen LogP contribution in [-0.2, 0) is 32.9 Å². The predicted molar refractivity (Wildman–Crippen MR) is 108 cm³/mol. The fourth-order valence-electron chi connectivity index (χ4n) is 2.75. The number of furan rings is 1. The van der Waals surface area contributed by atoms with Crippen LogP contribution < -0.4 is 10.6 Å². The fourth-order valence-corrected chi connectivity index (χ4v) is 2.75. The molecule has 2 rings (SSSR count). The lowest BCUT2D eigenvalue weighted by Gasteiger charge is -2.12. The van der Waals surface area contributed by atoms with E-state index in [1.54, 1.807) is 13.3 Å². The smallest absolute Gasteiger partial charge is 0.191 e. The van der Waals surface area contributed by atoms with E-state index in [-0.39, 0.29) is 24.0 Å². The van der Waals surface area contributed by atoms with Gasteiger partial charge in [0.05, 0.1) is 12.0 Å². The molecular weight excluding hydrogens is 417 g/mol. The first-order valence-corrected chi connectivity index (χ1v) is 8.20. The number of aryl methyl sites for hydroxylation is 2. The van der Waals surface area contributed by atoms with Crippen molar-refractivity contribution in [3.05, 3.63) is 41.1 Å². The van der Waals surface area contributed by atoms with Crippen molar-refractivity contribution in [3.8, 4) is 0 Å². The third-order valence-electron chi connectivity index (χ3n) is 3.93. The highest BCUT2D eigenvalue weighted by Crippen LogP contribution is 2.15. The third kappa shape index (κ3) is 5.25. The molecule has 0 fully saturated rings.